The zero-order chi connectivity index (χ0) is 15.6. The van der Waals surface area contributed by atoms with Crippen LogP contribution in [-0.4, -0.2) is 65.9 Å². The third-order valence-corrected chi connectivity index (χ3v) is 4.57. The normalized spacial score (nSPS) is 18.9. The van der Waals surface area contributed by atoms with Gasteiger partial charge in [-0.05, 0) is 13.8 Å². The summed E-state index contributed by atoms with van der Waals surface area (Å²) in [6, 6.07) is 0. The molecule has 0 aliphatic carbocycles. The molecule has 8 heteroatoms. The van der Waals surface area contributed by atoms with Crippen LogP contribution in [0.2, 0.25) is 0 Å². The molecule has 2 aliphatic rings. The minimum absolute atomic E-state index is 0. The molecule has 3 rings (SSSR count). The number of halogens is 1. The molecule has 23 heavy (non-hydrogen) atoms. The molecule has 1 aromatic heterocycles. The molecule has 130 valence electrons. The first-order chi connectivity index (χ1) is 10.6. The van der Waals surface area contributed by atoms with Crippen LogP contribution in [0.25, 0.3) is 0 Å². The minimum Gasteiger partial charge on any atom is -0.379 e. The molecular weight excluding hydrogens is 318 g/mol. The van der Waals surface area contributed by atoms with E-state index in [0.29, 0.717) is 18.8 Å². The van der Waals surface area contributed by atoms with Crippen molar-refractivity contribution < 1.29 is 9.53 Å². The Labute approximate surface area is 142 Å². The number of fused-ring (bicyclic) bond motifs is 1. The van der Waals surface area contributed by atoms with Crippen LogP contribution in [0, 0.1) is 0 Å². The molecule has 1 fully saturated rings. The van der Waals surface area contributed by atoms with Crippen molar-refractivity contribution in [1.82, 2.24) is 25.7 Å². The maximum absolute atomic E-state index is 12.4. The Bertz CT molecular complexity index is 540. The van der Waals surface area contributed by atoms with Crippen molar-refractivity contribution in [2.75, 3.05) is 39.4 Å². The maximum Gasteiger partial charge on any atom is 0.272 e. The van der Waals surface area contributed by atoms with E-state index in [-0.39, 0.29) is 23.9 Å². The Morgan fingerprint density at radius 2 is 2.13 bits per heavy atom. The largest absolute Gasteiger partial charge is 0.379 e. The average molecular weight is 344 g/mol. The summed E-state index contributed by atoms with van der Waals surface area (Å²) in [7, 11) is 0. The van der Waals surface area contributed by atoms with Crippen molar-refractivity contribution in [3.8, 4) is 0 Å². The van der Waals surface area contributed by atoms with Crippen molar-refractivity contribution in [2.45, 2.75) is 32.4 Å². The number of morpholine rings is 1. The fraction of sp³-hybridized carbons (Fsp3) is 0.733. The first-order valence-electron chi connectivity index (χ1n) is 7.96. The first kappa shape index (κ1) is 18.2. The van der Waals surface area contributed by atoms with Crippen LogP contribution in [0.1, 0.15) is 35.6 Å². The van der Waals surface area contributed by atoms with Gasteiger partial charge >= 0.3 is 0 Å². The molecule has 7 nitrogen and oxygen atoms in total. The topological polar surface area (TPSA) is 82.3 Å². The van der Waals surface area contributed by atoms with Gasteiger partial charge in [0.2, 0.25) is 0 Å². The van der Waals surface area contributed by atoms with Crippen LogP contribution >= 0.6 is 12.4 Å². The number of nitrogens with one attached hydrogen (secondary N) is 3. The quantitative estimate of drug-likeness (QED) is 0.733. The number of rotatable bonds is 4. The number of ether oxygens (including phenoxy) is 1. The van der Waals surface area contributed by atoms with E-state index in [1.807, 2.05) is 0 Å². The highest BCUT2D eigenvalue weighted by molar-refractivity contribution is 5.94. The van der Waals surface area contributed by atoms with Crippen molar-refractivity contribution in [3.63, 3.8) is 0 Å². The zero-order valence-electron chi connectivity index (χ0n) is 13.8. The fourth-order valence-corrected chi connectivity index (χ4v) is 3.07. The summed E-state index contributed by atoms with van der Waals surface area (Å²) in [4.78, 5) is 14.8. The van der Waals surface area contributed by atoms with Gasteiger partial charge in [-0.2, -0.15) is 5.10 Å². The molecule has 3 heterocycles. The lowest BCUT2D eigenvalue weighted by atomic mass is 10.0. The number of nitrogens with zero attached hydrogens (tertiary/aromatic N) is 2. The second kappa shape index (κ2) is 7.61. The molecule has 1 amide bonds. The van der Waals surface area contributed by atoms with Gasteiger partial charge in [-0.25, -0.2) is 0 Å². The molecule has 2 aliphatic heterocycles. The second-order valence-electron chi connectivity index (χ2n) is 6.55. The lowest BCUT2D eigenvalue weighted by molar-refractivity contribution is -0.00924. The maximum atomic E-state index is 12.4. The molecular formula is C15H26ClN5O2. The molecule has 0 atom stereocenters. The van der Waals surface area contributed by atoms with Crippen LogP contribution in [0.4, 0.5) is 0 Å². The van der Waals surface area contributed by atoms with E-state index in [4.69, 9.17) is 4.74 Å². The van der Waals surface area contributed by atoms with E-state index in [1.54, 1.807) is 0 Å². The summed E-state index contributed by atoms with van der Waals surface area (Å²) in [6.45, 7) is 9.88. The second-order valence-corrected chi connectivity index (χ2v) is 6.55. The summed E-state index contributed by atoms with van der Waals surface area (Å²) >= 11 is 0. The highest BCUT2D eigenvalue weighted by atomic mass is 35.5. The molecule has 0 saturated carbocycles. The standard InChI is InChI=1S/C15H25N5O2.ClH/c1-15(2,20-5-7-22-8-6-20)10-17-14(21)13-11-9-16-4-3-12(11)18-19-13;/h16H,3-10H2,1-2H3,(H,17,21)(H,18,19);1H. The number of aromatic nitrogens is 2. The van der Waals surface area contributed by atoms with Crippen molar-refractivity contribution in [1.29, 1.82) is 0 Å². The van der Waals surface area contributed by atoms with Gasteiger partial charge in [0.25, 0.3) is 5.91 Å². The molecule has 1 aromatic rings. The van der Waals surface area contributed by atoms with Crippen molar-refractivity contribution in [2.24, 2.45) is 0 Å². The molecule has 0 spiro atoms. The lowest BCUT2D eigenvalue weighted by Crippen LogP contribution is -2.55. The third-order valence-electron chi connectivity index (χ3n) is 4.57. The van der Waals surface area contributed by atoms with Crippen LogP contribution in [0.15, 0.2) is 0 Å². The van der Waals surface area contributed by atoms with Gasteiger partial charge in [-0.15, -0.1) is 12.4 Å². The number of H-pyrrole nitrogens is 1. The number of amides is 1. The van der Waals surface area contributed by atoms with Crippen molar-refractivity contribution >= 4 is 18.3 Å². The SMILES string of the molecule is CC(C)(CNC(=O)c1n[nH]c2c1CNCC2)N1CCOCC1.Cl. The van der Waals surface area contributed by atoms with Crippen molar-refractivity contribution in [3.05, 3.63) is 17.0 Å². The number of carbonyl (C=O) groups is 1. The van der Waals surface area contributed by atoms with Crippen LogP contribution in [0.3, 0.4) is 0 Å². The van der Waals surface area contributed by atoms with Gasteiger partial charge in [0.15, 0.2) is 5.69 Å². The highest BCUT2D eigenvalue weighted by Crippen LogP contribution is 2.17. The molecule has 0 radical (unpaired) electrons. The Morgan fingerprint density at radius 3 is 2.87 bits per heavy atom. The molecule has 3 N–H and O–H groups in total. The first-order valence-corrected chi connectivity index (χ1v) is 7.96. The smallest absolute Gasteiger partial charge is 0.272 e. The summed E-state index contributed by atoms with van der Waals surface area (Å²) in [6.07, 6.45) is 0.898. The summed E-state index contributed by atoms with van der Waals surface area (Å²) in [5.41, 5.74) is 2.53. The van der Waals surface area contributed by atoms with E-state index in [9.17, 15) is 4.79 Å². The van der Waals surface area contributed by atoms with Crippen LogP contribution in [-0.2, 0) is 17.7 Å². The predicted octanol–water partition coefficient (Wildman–Crippen LogP) is 0.318. The Hall–Kier alpha value is -1.15. The van der Waals surface area contributed by atoms with E-state index in [0.717, 1.165) is 50.5 Å². The van der Waals surface area contributed by atoms with E-state index >= 15 is 0 Å². The number of hydrogen-bond donors (Lipinski definition) is 3. The highest BCUT2D eigenvalue weighted by Gasteiger charge is 2.29. The monoisotopic (exact) mass is 343 g/mol. The number of carbonyl (C=O) groups excluding carboxylic acids is 1. The summed E-state index contributed by atoms with van der Waals surface area (Å²) in [5, 5.41) is 13.5. The average Bonchev–Trinajstić information content (AvgIpc) is 2.98. The predicted molar refractivity (Wildman–Crippen MR) is 90.1 cm³/mol. The number of aromatic amines is 1. The zero-order valence-corrected chi connectivity index (χ0v) is 14.6. The van der Waals surface area contributed by atoms with E-state index in [2.05, 4.69) is 39.6 Å². The van der Waals surface area contributed by atoms with Gasteiger partial charge in [0.1, 0.15) is 0 Å². The van der Waals surface area contributed by atoms with Gasteiger partial charge < -0.3 is 15.4 Å². The Morgan fingerprint density at radius 1 is 1.39 bits per heavy atom. The number of hydrogen-bond acceptors (Lipinski definition) is 5. The third kappa shape index (κ3) is 4.03. The molecule has 0 bridgehead atoms. The van der Waals surface area contributed by atoms with Crippen LogP contribution in [0.5, 0.6) is 0 Å². The molecule has 1 saturated heterocycles. The minimum atomic E-state index is -0.0949. The summed E-state index contributed by atoms with van der Waals surface area (Å²) < 4.78 is 5.39. The van der Waals surface area contributed by atoms with Crippen LogP contribution < -0.4 is 10.6 Å². The van der Waals surface area contributed by atoms with Gasteiger partial charge in [-0.3, -0.25) is 14.8 Å². The molecule has 0 aromatic carbocycles. The Balaban J connectivity index is 0.00000192. The Kier molecular flexibility index (Phi) is 6.02. The fourth-order valence-electron chi connectivity index (χ4n) is 3.07. The molecule has 0 unspecified atom stereocenters. The summed E-state index contributed by atoms with van der Waals surface area (Å²) in [5.74, 6) is -0.0949. The van der Waals surface area contributed by atoms with Gasteiger partial charge in [-0.1, -0.05) is 0 Å². The van der Waals surface area contributed by atoms with Gasteiger partial charge in [0, 0.05) is 55.9 Å². The van der Waals surface area contributed by atoms with E-state index < -0.39 is 0 Å². The van der Waals surface area contributed by atoms with E-state index in [1.165, 1.54) is 0 Å². The lowest BCUT2D eigenvalue weighted by Gasteiger charge is -2.40. The van der Waals surface area contributed by atoms with Gasteiger partial charge in [0.05, 0.1) is 13.2 Å².